The molecule has 0 saturated carbocycles. The van der Waals surface area contributed by atoms with Gasteiger partial charge in [0.2, 0.25) is 0 Å². The van der Waals surface area contributed by atoms with Gasteiger partial charge in [0, 0.05) is 30.3 Å². The molecule has 20 heavy (non-hydrogen) atoms. The molecule has 3 rings (SSSR count). The third-order valence-electron chi connectivity index (χ3n) is 3.70. The van der Waals surface area contributed by atoms with Crippen LogP contribution in [0.4, 0.5) is 0 Å². The molecule has 110 valence electrons. The van der Waals surface area contributed by atoms with Crippen LogP contribution in [0.2, 0.25) is 0 Å². The van der Waals surface area contributed by atoms with E-state index in [0.717, 1.165) is 23.6 Å². The molecule has 1 fully saturated rings. The quantitative estimate of drug-likeness (QED) is 0.920. The van der Waals surface area contributed by atoms with Crippen molar-refractivity contribution in [1.82, 2.24) is 10.2 Å². The van der Waals surface area contributed by atoms with E-state index in [4.69, 9.17) is 4.74 Å². The fraction of sp³-hybridized carbons (Fsp3) is 0.643. The fourth-order valence-electron chi connectivity index (χ4n) is 2.66. The van der Waals surface area contributed by atoms with Crippen molar-refractivity contribution in [1.29, 1.82) is 0 Å². The molecule has 0 bridgehead atoms. The van der Waals surface area contributed by atoms with Gasteiger partial charge < -0.3 is 15.0 Å². The molecule has 2 aliphatic rings. The number of thioether (sulfide) groups is 1. The molecule has 0 spiro atoms. The van der Waals surface area contributed by atoms with Gasteiger partial charge in [0.05, 0.1) is 17.6 Å². The third kappa shape index (κ3) is 3.03. The lowest BCUT2D eigenvalue weighted by atomic mass is 10.2. The highest BCUT2D eigenvalue weighted by Gasteiger charge is 2.26. The van der Waals surface area contributed by atoms with Crippen LogP contribution in [0.5, 0.6) is 0 Å². The Balaban J connectivity index is 1.70. The maximum atomic E-state index is 12.6. The molecule has 1 amide bonds. The number of hydrogen-bond acceptors (Lipinski definition) is 5. The topological polar surface area (TPSA) is 41.6 Å². The summed E-state index contributed by atoms with van der Waals surface area (Å²) in [5.41, 5.74) is 1.37. The van der Waals surface area contributed by atoms with E-state index >= 15 is 0 Å². The molecule has 6 heteroatoms. The molecule has 4 nitrogen and oxygen atoms in total. The summed E-state index contributed by atoms with van der Waals surface area (Å²) < 4.78 is 5.66. The highest BCUT2D eigenvalue weighted by molar-refractivity contribution is 7.98. The molecule has 3 heterocycles. The Morgan fingerprint density at radius 3 is 3.30 bits per heavy atom. The normalized spacial score (nSPS) is 22.6. The van der Waals surface area contributed by atoms with Gasteiger partial charge in [0.25, 0.3) is 5.91 Å². The molecule has 1 N–H and O–H groups in total. The van der Waals surface area contributed by atoms with Crippen LogP contribution in [0.25, 0.3) is 0 Å². The molecule has 0 radical (unpaired) electrons. The Morgan fingerprint density at radius 2 is 2.50 bits per heavy atom. The number of amides is 1. The number of likely N-dealkylation sites (N-methyl/N-ethyl adjacent to an activating group) is 1. The van der Waals surface area contributed by atoms with E-state index in [1.54, 1.807) is 11.3 Å². The average molecular weight is 312 g/mol. The Labute approximate surface area is 127 Å². The maximum Gasteiger partial charge on any atom is 0.264 e. The third-order valence-corrected chi connectivity index (χ3v) is 5.93. The van der Waals surface area contributed by atoms with Crippen LogP contribution in [-0.2, 0) is 16.9 Å². The molecule has 0 aliphatic carbocycles. The zero-order valence-corrected chi connectivity index (χ0v) is 13.3. The molecule has 1 aromatic rings. The second-order valence-electron chi connectivity index (χ2n) is 5.16. The van der Waals surface area contributed by atoms with Gasteiger partial charge in [-0.3, -0.25) is 4.79 Å². The van der Waals surface area contributed by atoms with E-state index in [9.17, 15) is 4.79 Å². The van der Waals surface area contributed by atoms with Gasteiger partial charge in [-0.25, -0.2) is 0 Å². The van der Waals surface area contributed by atoms with Gasteiger partial charge in [0.1, 0.15) is 0 Å². The van der Waals surface area contributed by atoms with E-state index < -0.39 is 0 Å². The molecular formula is C14H20N2O2S2. The Kier molecular flexibility index (Phi) is 4.65. The van der Waals surface area contributed by atoms with Gasteiger partial charge in [-0.05, 0) is 30.9 Å². The van der Waals surface area contributed by atoms with Crippen LogP contribution in [0.1, 0.15) is 20.1 Å². The number of hydrogen-bond donors (Lipinski definition) is 1. The first-order valence-corrected chi connectivity index (χ1v) is 9.00. The minimum atomic E-state index is 0.114. The predicted molar refractivity (Wildman–Crippen MR) is 83.8 cm³/mol. The van der Waals surface area contributed by atoms with Crippen molar-refractivity contribution in [2.45, 2.75) is 18.3 Å². The number of rotatable bonds is 3. The minimum Gasteiger partial charge on any atom is -0.373 e. The first-order valence-electron chi connectivity index (χ1n) is 7.02. The van der Waals surface area contributed by atoms with Crippen molar-refractivity contribution in [2.24, 2.45) is 0 Å². The summed E-state index contributed by atoms with van der Waals surface area (Å²) in [6.45, 7) is 2.83. The number of nitrogens with one attached hydrogen (secondary N) is 1. The Morgan fingerprint density at radius 1 is 1.60 bits per heavy atom. The van der Waals surface area contributed by atoms with Crippen molar-refractivity contribution in [3.63, 3.8) is 0 Å². The molecule has 2 aliphatic heterocycles. The van der Waals surface area contributed by atoms with Crippen molar-refractivity contribution in [2.75, 3.05) is 39.0 Å². The minimum absolute atomic E-state index is 0.114. The summed E-state index contributed by atoms with van der Waals surface area (Å²) in [7, 11) is 1.91. The average Bonchev–Trinajstić information content (AvgIpc) is 2.91. The molecular weight excluding hydrogens is 292 g/mol. The van der Waals surface area contributed by atoms with Crippen molar-refractivity contribution < 1.29 is 9.53 Å². The maximum absolute atomic E-state index is 12.6. The number of carbonyl (C=O) groups excluding carboxylic acids is 1. The molecule has 0 aromatic carbocycles. The van der Waals surface area contributed by atoms with E-state index in [2.05, 4.69) is 11.4 Å². The lowest BCUT2D eigenvalue weighted by molar-refractivity contribution is -0.0194. The van der Waals surface area contributed by atoms with Crippen LogP contribution in [0, 0.1) is 0 Å². The van der Waals surface area contributed by atoms with Crippen molar-refractivity contribution in [3.8, 4) is 0 Å². The summed E-state index contributed by atoms with van der Waals surface area (Å²) in [6, 6.07) is 2.11. The lowest BCUT2D eigenvalue weighted by Crippen LogP contribution is -2.48. The summed E-state index contributed by atoms with van der Waals surface area (Å²) in [6.07, 6.45) is 1.23. The van der Waals surface area contributed by atoms with Gasteiger partial charge in [-0.2, -0.15) is 11.8 Å². The summed E-state index contributed by atoms with van der Waals surface area (Å²) in [5.74, 6) is 2.42. The van der Waals surface area contributed by atoms with Crippen LogP contribution in [0.15, 0.2) is 6.07 Å². The van der Waals surface area contributed by atoms with Crippen molar-refractivity contribution >= 4 is 29.0 Å². The molecule has 1 atom stereocenters. The Bertz CT molecular complexity index is 464. The number of fused-ring (bicyclic) bond motifs is 1. The number of aryl methyl sites for hydroxylation is 1. The standard InChI is InChI=1S/C14H20N2O2S2/c1-15-7-11-8-16(3-4-18-11)14(17)13-6-10-9-19-5-2-12(10)20-13/h6,11,15H,2-5,7-9H2,1H3. The smallest absolute Gasteiger partial charge is 0.264 e. The number of nitrogens with zero attached hydrogens (tertiary/aromatic N) is 1. The van der Waals surface area contributed by atoms with Gasteiger partial charge in [0.15, 0.2) is 0 Å². The summed E-state index contributed by atoms with van der Waals surface area (Å²) in [5, 5.41) is 3.11. The highest BCUT2D eigenvalue weighted by Crippen LogP contribution is 2.32. The van der Waals surface area contributed by atoms with Gasteiger partial charge in [-0.1, -0.05) is 0 Å². The molecule has 1 saturated heterocycles. The van der Waals surface area contributed by atoms with E-state index in [1.807, 2.05) is 23.7 Å². The van der Waals surface area contributed by atoms with Crippen LogP contribution >= 0.6 is 23.1 Å². The predicted octanol–water partition coefficient (Wildman–Crippen LogP) is 1.60. The van der Waals surface area contributed by atoms with Gasteiger partial charge in [-0.15, -0.1) is 11.3 Å². The first kappa shape index (κ1) is 14.4. The van der Waals surface area contributed by atoms with Crippen LogP contribution < -0.4 is 5.32 Å². The number of thiophene rings is 1. The largest absolute Gasteiger partial charge is 0.373 e. The van der Waals surface area contributed by atoms with E-state index in [1.165, 1.54) is 16.2 Å². The SMILES string of the molecule is CNCC1CN(C(=O)c2cc3c(s2)CCSC3)CCO1. The van der Waals surface area contributed by atoms with E-state index in [0.29, 0.717) is 19.7 Å². The van der Waals surface area contributed by atoms with Crippen molar-refractivity contribution in [3.05, 3.63) is 21.4 Å². The lowest BCUT2D eigenvalue weighted by Gasteiger charge is -2.32. The fourth-order valence-corrected chi connectivity index (χ4v) is 5.00. The number of carbonyl (C=O) groups is 1. The number of morpholine rings is 1. The molecule has 1 aromatic heterocycles. The molecule has 1 unspecified atom stereocenters. The zero-order chi connectivity index (χ0) is 13.9. The van der Waals surface area contributed by atoms with Gasteiger partial charge >= 0.3 is 0 Å². The van der Waals surface area contributed by atoms with Crippen LogP contribution in [-0.4, -0.2) is 56.0 Å². The first-order chi connectivity index (χ1) is 9.78. The monoisotopic (exact) mass is 312 g/mol. The highest BCUT2D eigenvalue weighted by atomic mass is 32.2. The summed E-state index contributed by atoms with van der Waals surface area (Å²) >= 11 is 3.65. The van der Waals surface area contributed by atoms with Crippen LogP contribution in [0.3, 0.4) is 0 Å². The zero-order valence-electron chi connectivity index (χ0n) is 11.7. The second-order valence-corrected chi connectivity index (χ2v) is 7.41. The van der Waals surface area contributed by atoms with E-state index in [-0.39, 0.29) is 12.0 Å². The Hall–Kier alpha value is -0.560. The number of ether oxygens (including phenoxy) is 1. The second kappa shape index (κ2) is 6.47. The summed E-state index contributed by atoms with van der Waals surface area (Å²) in [4.78, 5) is 16.9.